The quantitative estimate of drug-likeness (QED) is 0.521. The van der Waals surface area contributed by atoms with Crippen LogP contribution in [-0.2, 0) is 27.2 Å². The van der Waals surface area contributed by atoms with Gasteiger partial charge in [0.15, 0.2) is 0 Å². The molecule has 30 heavy (non-hydrogen) atoms. The van der Waals surface area contributed by atoms with Gasteiger partial charge in [-0.2, -0.15) is 0 Å². The van der Waals surface area contributed by atoms with Gasteiger partial charge < -0.3 is 20.5 Å². The molecule has 0 saturated heterocycles. The first kappa shape index (κ1) is 21.6. The summed E-state index contributed by atoms with van der Waals surface area (Å²) in [5.41, 5.74) is 1.77. The molecular formula is C22H26N4O4. The molecule has 0 spiro atoms. The second-order valence-corrected chi connectivity index (χ2v) is 7.03. The average Bonchev–Trinajstić information content (AvgIpc) is 2.76. The Morgan fingerprint density at radius 3 is 2.63 bits per heavy atom. The number of aliphatic hydroxyl groups is 1. The van der Waals surface area contributed by atoms with Crippen molar-refractivity contribution in [2.45, 2.75) is 37.5 Å². The number of hydrogen-bond donors (Lipinski definition) is 3. The van der Waals surface area contributed by atoms with Gasteiger partial charge in [0.1, 0.15) is 6.10 Å². The van der Waals surface area contributed by atoms with Gasteiger partial charge in [0.05, 0.1) is 31.6 Å². The lowest BCUT2D eigenvalue weighted by Crippen LogP contribution is -2.49. The molecule has 0 radical (unpaired) electrons. The van der Waals surface area contributed by atoms with Gasteiger partial charge in [0, 0.05) is 30.8 Å². The summed E-state index contributed by atoms with van der Waals surface area (Å²) in [4.78, 5) is 32.5. The molecule has 8 nitrogen and oxygen atoms in total. The van der Waals surface area contributed by atoms with Crippen LogP contribution in [0.25, 0.3) is 0 Å². The number of aliphatic hydroxyl groups excluding tert-OH is 1. The Morgan fingerprint density at radius 1 is 1.07 bits per heavy atom. The molecule has 8 heteroatoms. The maximum absolute atomic E-state index is 12.2. The molecule has 3 atom stereocenters. The molecule has 0 unspecified atom stereocenters. The number of rotatable bonds is 9. The van der Waals surface area contributed by atoms with Crippen molar-refractivity contribution in [3.63, 3.8) is 0 Å². The summed E-state index contributed by atoms with van der Waals surface area (Å²) in [5, 5.41) is 15.4. The van der Waals surface area contributed by atoms with Crippen molar-refractivity contribution in [2.75, 3.05) is 13.2 Å². The molecule has 2 amide bonds. The molecule has 3 N–H and O–H groups in total. The van der Waals surface area contributed by atoms with Crippen molar-refractivity contribution in [1.29, 1.82) is 0 Å². The lowest BCUT2D eigenvalue weighted by molar-refractivity contribution is -0.128. The van der Waals surface area contributed by atoms with Gasteiger partial charge in [-0.15, -0.1) is 0 Å². The normalized spacial score (nSPS) is 20.5. The van der Waals surface area contributed by atoms with E-state index in [9.17, 15) is 14.7 Å². The number of aromatic nitrogens is 2. The van der Waals surface area contributed by atoms with Gasteiger partial charge in [-0.05, 0) is 36.2 Å². The van der Waals surface area contributed by atoms with Crippen molar-refractivity contribution in [2.24, 2.45) is 0 Å². The SMILES string of the molecule is O=C(C[C@H]1C=C[C@@H](NC(=O)Cc2ccccn2)[C@@H](CO)O1)NCCc1ccncc1. The number of amides is 2. The van der Waals surface area contributed by atoms with Gasteiger partial charge in [0.2, 0.25) is 11.8 Å². The van der Waals surface area contributed by atoms with Crippen LogP contribution in [0.5, 0.6) is 0 Å². The number of pyridine rings is 2. The number of nitrogens with zero attached hydrogens (tertiary/aromatic N) is 2. The van der Waals surface area contributed by atoms with E-state index in [1.165, 1.54) is 0 Å². The van der Waals surface area contributed by atoms with Crippen LogP contribution in [0.3, 0.4) is 0 Å². The van der Waals surface area contributed by atoms with E-state index >= 15 is 0 Å². The summed E-state index contributed by atoms with van der Waals surface area (Å²) in [7, 11) is 0. The molecule has 1 aliphatic heterocycles. The van der Waals surface area contributed by atoms with E-state index in [4.69, 9.17) is 4.74 Å². The minimum atomic E-state index is -0.614. The molecule has 158 valence electrons. The molecule has 1 aliphatic rings. The van der Waals surface area contributed by atoms with Crippen LogP contribution in [0.1, 0.15) is 17.7 Å². The van der Waals surface area contributed by atoms with Gasteiger partial charge in [0.25, 0.3) is 0 Å². The summed E-state index contributed by atoms with van der Waals surface area (Å²) in [6.07, 6.45) is 8.55. The third-order valence-corrected chi connectivity index (χ3v) is 4.73. The fourth-order valence-corrected chi connectivity index (χ4v) is 3.19. The first-order valence-electron chi connectivity index (χ1n) is 9.93. The topological polar surface area (TPSA) is 113 Å². The zero-order valence-corrected chi connectivity index (χ0v) is 16.6. The van der Waals surface area contributed by atoms with Crippen molar-refractivity contribution >= 4 is 11.8 Å². The highest BCUT2D eigenvalue weighted by atomic mass is 16.5. The van der Waals surface area contributed by atoms with Crippen LogP contribution >= 0.6 is 0 Å². The Morgan fingerprint density at radius 2 is 1.90 bits per heavy atom. The third kappa shape index (κ3) is 6.75. The largest absolute Gasteiger partial charge is 0.394 e. The minimum Gasteiger partial charge on any atom is -0.394 e. The summed E-state index contributed by atoms with van der Waals surface area (Å²) in [5.74, 6) is -0.342. The fourth-order valence-electron chi connectivity index (χ4n) is 3.19. The Labute approximate surface area is 175 Å². The zero-order chi connectivity index (χ0) is 21.2. The van der Waals surface area contributed by atoms with Crippen molar-refractivity contribution < 1.29 is 19.4 Å². The van der Waals surface area contributed by atoms with Crippen LogP contribution in [0.15, 0.2) is 61.1 Å². The minimum absolute atomic E-state index is 0.131. The second kappa shape index (κ2) is 11.2. The Balaban J connectivity index is 1.44. The smallest absolute Gasteiger partial charge is 0.226 e. The first-order chi connectivity index (χ1) is 14.6. The van der Waals surface area contributed by atoms with E-state index in [1.54, 1.807) is 42.9 Å². The van der Waals surface area contributed by atoms with Crippen molar-refractivity contribution in [3.8, 4) is 0 Å². The van der Waals surface area contributed by atoms with Gasteiger partial charge in [-0.25, -0.2) is 0 Å². The highest BCUT2D eigenvalue weighted by Crippen LogP contribution is 2.16. The van der Waals surface area contributed by atoms with Crippen LogP contribution < -0.4 is 10.6 Å². The van der Waals surface area contributed by atoms with Crippen LogP contribution in [0.4, 0.5) is 0 Å². The number of nitrogens with one attached hydrogen (secondary N) is 2. The summed E-state index contributed by atoms with van der Waals surface area (Å²) >= 11 is 0. The number of hydrogen-bond acceptors (Lipinski definition) is 6. The maximum atomic E-state index is 12.2. The van der Waals surface area contributed by atoms with E-state index in [1.807, 2.05) is 18.2 Å². The second-order valence-electron chi connectivity index (χ2n) is 7.03. The van der Waals surface area contributed by atoms with Gasteiger partial charge in [-0.1, -0.05) is 18.2 Å². The lowest BCUT2D eigenvalue weighted by atomic mass is 10.0. The van der Waals surface area contributed by atoms with Gasteiger partial charge in [-0.3, -0.25) is 19.6 Å². The van der Waals surface area contributed by atoms with E-state index in [-0.39, 0.29) is 31.3 Å². The monoisotopic (exact) mass is 410 g/mol. The number of ether oxygens (including phenoxy) is 1. The zero-order valence-electron chi connectivity index (χ0n) is 16.6. The molecule has 0 aliphatic carbocycles. The molecular weight excluding hydrogens is 384 g/mol. The molecule has 0 saturated carbocycles. The maximum Gasteiger partial charge on any atom is 0.226 e. The van der Waals surface area contributed by atoms with E-state index in [0.29, 0.717) is 12.2 Å². The Kier molecular flexibility index (Phi) is 8.05. The average molecular weight is 410 g/mol. The fraction of sp³-hybridized carbons (Fsp3) is 0.364. The Bertz CT molecular complexity index is 845. The molecule has 3 heterocycles. The number of carbonyl (C=O) groups is 2. The van der Waals surface area contributed by atoms with Crippen molar-refractivity contribution in [1.82, 2.24) is 20.6 Å². The summed E-state index contributed by atoms with van der Waals surface area (Å²) < 4.78 is 5.80. The highest BCUT2D eigenvalue weighted by molar-refractivity contribution is 5.79. The Hall–Kier alpha value is -3.10. The number of carbonyl (C=O) groups excluding carboxylic acids is 2. The molecule has 2 aromatic heterocycles. The molecule has 0 bridgehead atoms. The molecule has 3 rings (SSSR count). The summed E-state index contributed by atoms with van der Waals surface area (Å²) in [6.45, 7) is 0.258. The van der Waals surface area contributed by atoms with Crippen LogP contribution in [0, 0.1) is 0 Å². The van der Waals surface area contributed by atoms with Gasteiger partial charge >= 0.3 is 0 Å². The van der Waals surface area contributed by atoms with E-state index in [2.05, 4.69) is 20.6 Å². The predicted molar refractivity (Wildman–Crippen MR) is 110 cm³/mol. The van der Waals surface area contributed by atoms with E-state index in [0.717, 1.165) is 12.0 Å². The first-order valence-corrected chi connectivity index (χ1v) is 9.93. The lowest BCUT2D eigenvalue weighted by Gasteiger charge is -2.31. The van der Waals surface area contributed by atoms with E-state index < -0.39 is 18.2 Å². The third-order valence-electron chi connectivity index (χ3n) is 4.73. The van der Waals surface area contributed by atoms with Crippen molar-refractivity contribution in [3.05, 3.63) is 72.3 Å². The molecule has 0 aromatic carbocycles. The standard InChI is InChI=1S/C22H26N4O4/c27-15-20-19(26-22(29)13-17-3-1-2-9-24-17)5-4-18(30-20)14-21(28)25-12-8-16-6-10-23-11-7-16/h1-7,9-11,18-20,27H,8,12-15H2,(H,25,28)(H,26,29)/t18-,19-,20-/m1/s1. The van der Waals surface area contributed by atoms with Crippen LogP contribution in [-0.4, -0.2) is 58.3 Å². The highest BCUT2D eigenvalue weighted by Gasteiger charge is 2.29. The molecule has 2 aromatic rings. The summed E-state index contributed by atoms with van der Waals surface area (Å²) in [6, 6.07) is 8.75. The van der Waals surface area contributed by atoms with Crippen LogP contribution in [0.2, 0.25) is 0 Å². The predicted octanol–water partition coefficient (Wildman–Crippen LogP) is 0.569. The molecule has 0 fully saturated rings.